The third kappa shape index (κ3) is 3.14. The molecule has 3 atom stereocenters. The average molecular weight is 285 g/mol. The highest BCUT2D eigenvalue weighted by Crippen LogP contribution is 2.54. The fraction of sp³-hybridized carbons (Fsp3) is 0.632. The SMILES string of the molecule is CCC(CC)C(NC(=O)C1CC2CC2C1)c1ccccc1. The maximum absolute atomic E-state index is 12.6. The van der Waals surface area contributed by atoms with Crippen LogP contribution < -0.4 is 5.32 Å². The molecule has 114 valence electrons. The second kappa shape index (κ2) is 6.21. The summed E-state index contributed by atoms with van der Waals surface area (Å²) in [7, 11) is 0. The molecule has 0 spiro atoms. The molecule has 1 N–H and O–H groups in total. The van der Waals surface area contributed by atoms with Crippen molar-refractivity contribution in [2.24, 2.45) is 23.7 Å². The molecule has 3 unspecified atom stereocenters. The summed E-state index contributed by atoms with van der Waals surface area (Å²) in [5, 5.41) is 3.38. The number of carbonyl (C=O) groups excluding carboxylic acids is 1. The van der Waals surface area contributed by atoms with Crippen molar-refractivity contribution in [2.75, 3.05) is 0 Å². The summed E-state index contributed by atoms with van der Waals surface area (Å²) >= 11 is 0. The summed E-state index contributed by atoms with van der Waals surface area (Å²) in [6.45, 7) is 4.45. The Hall–Kier alpha value is -1.31. The zero-order chi connectivity index (χ0) is 14.8. The lowest BCUT2D eigenvalue weighted by atomic mass is 9.88. The molecule has 2 saturated carbocycles. The fourth-order valence-corrected chi connectivity index (χ4v) is 4.09. The van der Waals surface area contributed by atoms with E-state index in [1.807, 2.05) is 6.07 Å². The van der Waals surface area contributed by atoms with Crippen LogP contribution in [-0.2, 0) is 4.79 Å². The molecule has 0 aliphatic heterocycles. The van der Waals surface area contributed by atoms with Gasteiger partial charge in [-0.3, -0.25) is 4.79 Å². The topological polar surface area (TPSA) is 29.1 Å². The minimum absolute atomic E-state index is 0.172. The molecule has 3 rings (SSSR count). The maximum Gasteiger partial charge on any atom is 0.223 e. The van der Waals surface area contributed by atoms with Crippen molar-refractivity contribution in [3.63, 3.8) is 0 Å². The molecule has 2 fully saturated rings. The standard InChI is InChI=1S/C19H27NO/c1-3-13(4-2)18(14-8-6-5-7-9-14)20-19(21)17-11-15-10-16(15)12-17/h5-9,13,15-18H,3-4,10-12H2,1-2H3,(H,20,21). The lowest BCUT2D eigenvalue weighted by Crippen LogP contribution is -2.37. The van der Waals surface area contributed by atoms with Gasteiger partial charge >= 0.3 is 0 Å². The predicted octanol–water partition coefficient (Wildman–Crippen LogP) is 4.33. The Labute approximate surface area is 128 Å². The first-order chi connectivity index (χ1) is 10.2. The molecule has 0 bridgehead atoms. The summed E-state index contributed by atoms with van der Waals surface area (Å²) in [6.07, 6.45) is 5.83. The molecule has 0 aromatic heterocycles. The number of fused-ring (bicyclic) bond motifs is 1. The van der Waals surface area contributed by atoms with Crippen molar-refractivity contribution in [3.8, 4) is 0 Å². The highest BCUT2D eigenvalue weighted by Gasteiger charge is 2.48. The summed E-state index contributed by atoms with van der Waals surface area (Å²) < 4.78 is 0. The zero-order valence-corrected chi connectivity index (χ0v) is 13.2. The van der Waals surface area contributed by atoms with Crippen molar-refractivity contribution < 1.29 is 4.79 Å². The highest BCUT2D eigenvalue weighted by atomic mass is 16.2. The van der Waals surface area contributed by atoms with Crippen LogP contribution >= 0.6 is 0 Å². The van der Waals surface area contributed by atoms with Gasteiger partial charge in [-0.1, -0.05) is 57.0 Å². The van der Waals surface area contributed by atoms with Crippen LogP contribution in [0.2, 0.25) is 0 Å². The first-order valence-electron chi connectivity index (χ1n) is 8.58. The van der Waals surface area contributed by atoms with Gasteiger partial charge in [0.2, 0.25) is 5.91 Å². The second-order valence-electron chi connectivity index (χ2n) is 6.90. The normalized spacial score (nSPS) is 28.2. The molecule has 1 aromatic rings. The van der Waals surface area contributed by atoms with Gasteiger partial charge in [0, 0.05) is 5.92 Å². The van der Waals surface area contributed by atoms with Gasteiger partial charge < -0.3 is 5.32 Å². The number of hydrogen-bond acceptors (Lipinski definition) is 1. The van der Waals surface area contributed by atoms with Crippen molar-refractivity contribution in [3.05, 3.63) is 35.9 Å². The minimum Gasteiger partial charge on any atom is -0.349 e. The van der Waals surface area contributed by atoms with Crippen LogP contribution in [0.25, 0.3) is 0 Å². The maximum atomic E-state index is 12.6. The van der Waals surface area contributed by atoms with Crippen LogP contribution in [0.3, 0.4) is 0 Å². The van der Waals surface area contributed by atoms with Gasteiger partial charge in [-0.2, -0.15) is 0 Å². The highest BCUT2D eigenvalue weighted by molar-refractivity contribution is 5.79. The number of rotatable bonds is 6. The number of nitrogens with one attached hydrogen (secondary N) is 1. The average Bonchev–Trinajstić information content (AvgIpc) is 3.14. The lowest BCUT2D eigenvalue weighted by molar-refractivity contribution is -0.126. The minimum atomic E-state index is 0.172. The third-order valence-electron chi connectivity index (χ3n) is 5.59. The first-order valence-corrected chi connectivity index (χ1v) is 8.58. The summed E-state index contributed by atoms with van der Waals surface area (Å²) in [6, 6.07) is 10.7. The Morgan fingerprint density at radius 1 is 1.10 bits per heavy atom. The summed E-state index contributed by atoms with van der Waals surface area (Å²) in [4.78, 5) is 12.6. The van der Waals surface area contributed by atoms with Crippen molar-refractivity contribution in [2.45, 2.75) is 52.0 Å². The van der Waals surface area contributed by atoms with Crippen LogP contribution in [0.1, 0.15) is 57.6 Å². The predicted molar refractivity (Wildman–Crippen MR) is 85.7 cm³/mol. The van der Waals surface area contributed by atoms with Crippen LogP contribution in [0.15, 0.2) is 30.3 Å². The summed E-state index contributed by atoms with van der Waals surface area (Å²) in [5.41, 5.74) is 1.25. The molecule has 0 saturated heterocycles. The van der Waals surface area contributed by atoms with Gasteiger partial charge in [0.25, 0.3) is 0 Å². The van der Waals surface area contributed by atoms with Crippen LogP contribution in [0.5, 0.6) is 0 Å². The van der Waals surface area contributed by atoms with Crippen molar-refractivity contribution in [1.29, 1.82) is 0 Å². The van der Waals surface area contributed by atoms with Crippen LogP contribution in [-0.4, -0.2) is 5.91 Å². The molecule has 2 aliphatic carbocycles. The molecular weight excluding hydrogens is 258 g/mol. The van der Waals surface area contributed by atoms with Gasteiger partial charge in [-0.15, -0.1) is 0 Å². The van der Waals surface area contributed by atoms with Gasteiger partial charge in [0.1, 0.15) is 0 Å². The fourth-order valence-electron chi connectivity index (χ4n) is 4.09. The lowest BCUT2D eigenvalue weighted by Gasteiger charge is -2.28. The molecule has 1 amide bonds. The first kappa shape index (κ1) is 14.6. The van der Waals surface area contributed by atoms with Crippen LogP contribution in [0, 0.1) is 23.7 Å². The molecule has 0 heterocycles. The Morgan fingerprint density at radius 2 is 1.71 bits per heavy atom. The Bertz CT molecular complexity index is 470. The quantitative estimate of drug-likeness (QED) is 0.828. The van der Waals surface area contributed by atoms with E-state index in [9.17, 15) is 4.79 Å². The molecule has 2 nitrogen and oxygen atoms in total. The second-order valence-corrected chi connectivity index (χ2v) is 6.90. The van der Waals surface area contributed by atoms with E-state index in [2.05, 4.69) is 43.4 Å². The molecule has 1 aromatic carbocycles. The largest absolute Gasteiger partial charge is 0.349 e. The number of amides is 1. The third-order valence-corrected chi connectivity index (χ3v) is 5.59. The Balaban J connectivity index is 1.70. The van der Waals surface area contributed by atoms with E-state index < -0.39 is 0 Å². The molecule has 2 heteroatoms. The van der Waals surface area contributed by atoms with Gasteiger partial charge in [-0.05, 0) is 42.6 Å². The van der Waals surface area contributed by atoms with E-state index in [1.54, 1.807) is 0 Å². The smallest absolute Gasteiger partial charge is 0.223 e. The van der Waals surface area contributed by atoms with E-state index in [0.29, 0.717) is 11.8 Å². The van der Waals surface area contributed by atoms with Gasteiger partial charge in [-0.25, -0.2) is 0 Å². The van der Waals surface area contributed by atoms with Crippen molar-refractivity contribution >= 4 is 5.91 Å². The Morgan fingerprint density at radius 3 is 2.29 bits per heavy atom. The van der Waals surface area contributed by atoms with E-state index in [4.69, 9.17) is 0 Å². The molecular formula is C19H27NO. The van der Waals surface area contributed by atoms with Gasteiger partial charge in [0.15, 0.2) is 0 Å². The van der Waals surface area contributed by atoms with E-state index in [0.717, 1.165) is 37.5 Å². The number of benzene rings is 1. The van der Waals surface area contributed by atoms with Gasteiger partial charge in [0.05, 0.1) is 6.04 Å². The monoisotopic (exact) mass is 285 g/mol. The zero-order valence-electron chi connectivity index (χ0n) is 13.2. The number of hydrogen-bond donors (Lipinski definition) is 1. The van der Waals surface area contributed by atoms with Crippen LogP contribution in [0.4, 0.5) is 0 Å². The van der Waals surface area contributed by atoms with E-state index >= 15 is 0 Å². The van der Waals surface area contributed by atoms with E-state index in [1.165, 1.54) is 12.0 Å². The van der Waals surface area contributed by atoms with E-state index in [-0.39, 0.29) is 12.0 Å². The molecule has 2 aliphatic rings. The Kier molecular flexibility index (Phi) is 4.32. The van der Waals surface area contributed by atoms with Crippen molar-refractivity contribution in [1.82, 2.24) is 5.32 Å². The summed E-state index contributed by atoms with van der Waals surface area (Å²) in [5.74, 6) is 2.82. The molecule has 21 heavy (non-hydrogen) atoms. The number of carbonyl (C=O) groups is 1. The molecule has 0 radical (unpaired) electrons.